The Kier molecular flexibility index (Phi) is 9.17. The maximum absolute atomic E-state index is 12.7. The second-order valence-corrected chi connectivity index (χ2v) is 12.1. The van der Waals surface area contributed by atoms with Crippen LogP contribution in [0, 0.1) is 0 Å². The minimum Gasteiger partial charge on any atom is -0.496 e. The van der Waals surface area contributed by atoms with Crippen LogP contribution in [0.15, 0.2) is 60.8 Å². The summed E-state index contributed by atoms with van der Waals surface area (Å²) in [5.41, 5.74) is 2.08. The van der Waals surface area contributed by atoms with Crippen molar-refractivity contribution in [1.82, 2.24) is 19.9 Å². The van der Waals surface area contributed by atoms with Crippen molar-refractivity contribution in [2.75, 3.05) is 46.6 Å². The summed E-state index contributed by atoms with van der Waals surface area (Å²) >= 11 is 0. The Morgan fingerprint density at radius 3 is 2.59 bits per heavy atom. The summed E-state index contributed by atoms with van der Waals surface area (Å²) < 4.78 is 31.4. The molecule has 3 fully saturated rings. The summed E-state index contributed by atoms with van der Waals surface area (Å²) in [5, 5.41) is 8.46. The van der Waals surface area contributed by atoms with Gasteiger partial charge in [-0.1, -0.05) is 35.5 Å². The van der Waals surface area contributed by atoms with Crippen molar-refractivity contribution in [3.05, 3.63) is 77.6 Å². The molecule has 0 atom stereocenters. The van der Waals surface area contributed by atoms with E-state index in [1.807, 2.05) is 36.5 Å². The third-order valence-corrected chi connectivity index (χ3v) is 9.60. The fraction of sp³-hybridized carbons (Fsp3) is 0.393. The number of hydrogen-bond donors (Lipinski definition) is 0. The van der Waals surface area contributed by atoms with Crippen LogP contribution in [0.2, 0.25) is 6.04 Å². The van der Waals surface area contributed by atoms with Crippen molar-refractivity contribution in [3.63, 3.8) is 0 Å². The summed E-state index contributed by atoms with van der Waals surface area (Å²) in [5.74, 6) is 1.18. The van der Waals surface area contributed by atoms with Gasteiger partial charge < -0.3 is 22.8 Å². The Morgan fingerprint density at radius 1 is 1.05 bits per heavy atom. The molecule has 6 rings (SSSR count). The zero-order valence-electron chi connectivity index (χ0n) is 22.2. The van der Waals surface area contributed by atoms with Crippen LogP contribution < -0.4 is 9.47 Å². The Labute approximate surface area is 229 Å². The summed E-state index contributed by atoms with van der Waals surface area (Å²) in [6.45, 7) is 5.71. The quantitative estimate of drug-likeness (QED) is 0.202. The Hall–Kier alpha value is -3.35. The molecule has 0 N–H and O–H groups in total. The van der Waals surface area contributed by atoms with E-state index in [4.69, 9.17) is 22.8 Å². The van der Waals surface area contributed by atoms with E-state index in [1.54, 1.807) is 36.1 Å². The molecule has 39 heavy (non-hydrogen) atoms. The number of hydrogen-bond acceptors (Lipinski definition) is 9. The number of carbonyl (C=O) groups is 1. The van der Waals surface area contributed by atoms with Gasteiger partial charge in [0.15, 0.2) is 5.78 Å². The fourth-order valence-electron chi connectivity index (χ4n) is 4.60. The predicted octanol–water partition coefficient (Wildman–Crippen LogP) is 3.47. The molecule has 0 unspecified atom stereocenters. The highest BCUT2D eigenvalue weighted by atomic mass is 28.4. The van der Waals surface area contributed by atoms with Gasteiger partial charge in [0.1, 0.15) is 23.8 Å². The second kappa shape index (κ2) is 13.1. The van der Waals surface area contributed by atoms with E-state index < -0.39 is 8.80 Å². The molecule has 0 amide bonds. The highest BCUT2D eigenvalue weighted by Gasteiger charge is 2.43. The number of ketones is 1. The predicted molar refractivity (Wildman–Crippen MR) is 147 cm³/mol. The molecule has 3 aliphatic heterocycles. The van der Waals surface area contributed by atoms with E-state index >= 15 is 0 Å². The van der Waals surface area contributed by atoms with Crippen LogP contribution in [0.25, 0.3) is 6.08 Å². The smallest absolute Gasteiger partial charge is 0.496 e. The maximum Gasteiger partial charge on any atom is 0.501 e. The normalized spacial score (nSPS) is 21.3. The fourth-order valence-corrected chi connectivity index (χ4v) is 7.08. The van der Waals surface area contributed by atoms with E-state index in [1.165, 1.54) is 6.08 Å². The number of para-hydroxylation sites is 1. The molecule has 0 aliphatic carbocycles. The van der Waals surface area contributed by atoms with Gasteiger partial charge in [0.2, 0.25) is 0 Å². The molecule has 2 bridgehead atoms. The minimum atomic E-state index is -2.63. The first-order valence-electron chi connectivity index (χ1n) is 13.2. The van der Waals surface area contributed by atoms with E-state index in [2.05, 4.69) is 15.2 Å². The number of aromatic nitrogens is 3. The second-order valence-electron chi connectivity index (χ2n) is 9.40. The third-order valence-electron chi connectivity index (χ3n) is 6.70. The molecule has 4 heterocycles. The number of rotatable bonds is 11. The molecule has 0 radical (unpaired) electrons. The van der Waals surface area contributed by atoms with Crippen LogP contribution in [-0.4, -0.2) is 81.0 Å². The minimum absolute atomic E-state index is 0.122. The molecule has 3 saturated heterocycles. The summed E-state index contributed by atoms with van der Waals surface area (Å²) in [7, 11) is -1.02. The molecule has 1 aromatic heterocycles. The van der Waals surface area contributed by atoms with Gasteiger partial charge in [-0.25, -0.2) is 0 Å². The molecule has 3 aliphatic rings. The number of benzene rings is 2. The number of methoxy groups -OCH3 is 1. The van der Waals surface area contributed by atoms with Crippen LogP contribution >= 0.6 is 0 Å². The van der Waals surface area contributed by atoms with Crippen molar-refractivity contribution in [2.24, 2.45) is 0 Å². The van der Waals surface area contributed by atoms with Gasteiger partial charge >= 0.3 is 8.80 Å². The van der Waals surface area contributed by atoms with Gasteiger partial charge in [-0.2, -0.15) is 0 Å². The first-order chi connectivity index (χ1) is 19.1. The summed E-state index contributed by atoms with van der Waals surface area (Å²) in [6.07, 6.45) is 5.99. The number of nitrogens with zero attached hydrogens (tertiary/aromatic N) is 4. The largest absolute Gasteiger partial charge is 0.501 e. The van der Waals surface area contributed by atoms with E-state index in [9.17, 15) is 4.79 Å². The maximum atomic E-state index is 12.7. The number of aryl methyl sites for hydroxylation is 1. The number of allylic oxidation sites excluding steroid dienone is 1. The standard InChI is InChI=1S/C28H34N4O6Si/c1-34-28-9-3-2-6-23(28)10-11-27(33)24-7-4-8-26(20-24)35-22-25-21-32(30-29-25)12-5-19-39-36-16-13-31(14-17-37-39)15-18-38-39/h2-4,6-11,20-21H,5,12-19,22H2,1H3/b11-10+. The average molecular weight is 551 g/mol. The highest BCUT2D eigenvalue weighted by Crippen LogP contribution is 2.23. The van der Waals surface area contributed by atoms with Crippen LogP contribution in [-0.2, 0) is 26.4 Å². The molecular weight excluding hydrogens is 516 g/mol. The zero-order chi connectivity index (χ0) is 26.9. The van der Waals surface area contributed by atoms with Crippen LogP contribution in [0.1, 0.15) is 28.0 Å². The molecule has 2 aromatic carbocycles. The molecule has 10 nitrogen and oxygen atoms in total. The summed E-state index contributed by atoms with van der Waals surface area (Å²) in [6, 6.07) is 15.4. The SMILES string of the molecule is COc1ccccc1/C=C/C(=O)c1cccc(OCc2cn(CCC[Si]34OCCN(CCO3)CCO4)nn2)c1. The zero-order valence-corrected chi connectivity index (χ0v) is 23.2. The van der Waals surface area contributed by atoms with Gasteiger partial charge in [-0.05, 0) is 36.8 Å². The average Bonchev–Trinajstić information content (AvgIpc) is 3.39. The lowest BCUT2D eigenvalue weighted by molar-refractivity contribution is -0.00869. The molecule has 0 spiro atoms. The molecule has 206 valence electrons. The molecule has 3 aromatic rings. The van der Waals surface area contributed by atoms with Crippen LogP contribution in [0.5, 0.6) is 11.5 Å². The number of ether oxygens (including phenoxy) is 2. The van der Waals surface area contributed by atoms with Crippen molar-refractivity contribution in [2.45, 2.75) is 25.6 Å². The van der Waals surface area contributed by atoms with Crippen LogP contribution in [0.3, 0.4) is 0 Å². The van der Waals surface area contributed by atoms with Gasteiger partial charge in [-0.3, -0.25) is 14.4 Å². The monoisotopic (exact) mass is 550 g/mol. The lowest BCUT2D eigenvalue weighted by Crippen LogP contribution is -2.55. The van der Waals surface area contributed by atoms with E-state index in [0.29, 0.717) is 49.1 Å². The van der Waals surface area contributed by atoms with Gasteiger partial charge in [0, 0.05) is 43.4 Å². The lowest BCUT2D eigenvalue weighted by Gasteiger charge is -2.38. The van der Waals surface area contributed by atoms with E-state index in [-0.39, 0.29) is 12.4 Å². The Morgan fingerprint density at radius 2 is 1.82 bits per heavy atom. The first kappa shape index (κ1) is 27.2. The summed E-state index contributed by atoms with van der Waals surface area (Å²) in [4.78, 5) is 15.0. The van der Waals surface area contributed by atoms with Gasteiger partial charge in [0.25, 0.3) is 0 Å². The van der Waals surface area contributed by atoms with Crippen molar-refractivity contribution in [3.8, 4) is 11.5 Å². The topological polar surface area (TPSA) is 97.2 Å². The Bertz CT molecular complexity index is 1260. The van der Waals surface area contributed by atoms with E-state index in [0.717, 1.165) is 37.7 Å². The molecular formula is C28H34N4O6Si. The number of carbonyl (C=O) groups excluding carboxylic acids is 1. The molecule has 11 heteroatoms. The van der Waals surface area contributed by atoms with Crippen LogP contribution in [0.4, 0.5) is 0 Å². The lowest BCUT2D eigenvalue weighted by atomic mass is 10.1. The van der Waals surface area contributed by atoms with Crippen molar-refractivity contribution >= 4 is 20.7 Å². The van der Waals surface area contributed by atoms with Gasteiger partial charge in [0.05, 0.1) is 33.1 Å². The highest BCUT2D eigenvalue weighted by molar-refractivity contribution is 6.60. The van der Waals surface area contributed by atoms with Gasteiger partial charge in [-0.15, -0.1) is 5.10 Å². The first-order valence-corrected chi connectivity index (χ1v) is 15.2. The number of fused-ring (bicyclic) bond motifs is 6. The molecule has 0 saturated carbocycles. The Balaban J connectivity index is 1.11. The van der Waals surface area contributed by atoms with Crippen molar-refractivity contribution < 1.29 is 27.5 Å². The third kappa shape index (κ3) is 7.40. The van der Waals surface area contributed by atoms with Crippen molar-refractivity contribution in [1.29, 1.82) is 0 Å².